The molecule has 0 aromatic heterocycles. The molecule has 0 aliphatic heterocycles. The van der Waals surface area contributed by atoms with Crippen molar-refractivity contribution < 1.29 is 0 Å². The molecular weight excluding hydrogens is 220 g/mol. The Morgan fingerprint density at radius 3 is 2.22 bits per heavy atom. The first kappa shape index (κ1) is 15.0. The molecule has 2 nitrogen and oxygen atoms in total. The van der Waals surface area contributed by atoms with E-state index in [9.17, 15) is 0 Å². The van der Waals surface area contributed by atoms with Crippen molar-refractivity contribution in [2.75, 3.05) is 12.3 Å². The molecule has 1 rings (SSSR count). The Labute approximate surface area is 112 Å². The second kappa shape index (κ2) is 7.42. The average molecular weight is 248 g/mol. The van der Waals surface area contributed by atoms with Gasteiger partial charge in [-0.3, -0.25) is 4.90 Å². The number of nitrogen functional groups attached to an aromatic ring is 1. The van der Waals surface area contributed by atoms with Crippen LogP contribution in [0.5, 0.6) is 0 Å². The fourth-order valence-electron chi connectivity index (χ4n) is 2.51. The van der Waals surface area contributed by atoms with Gasteiger partial charge in [0, 0.05) is 24.8 Å². The molecule has 0 bridgehead atoms. The molecule has 0 unspecified atom stereocenters. The van der Waals surface area contributed by atoms with Crippen molar-refractivity contribution >= 4 is 5.69 Å². The monoisotopic (exact) mass is 248 g/mol. The van der Waals surface area contributed by atoms with E-state index in [-0.39, 0.29) is 0 Å². The van der Waals surface area contributed by atoms with Crippen LogP contribution in [-0.2, 0) is 6.54 Å². The SMILES string of the molecule is CCC(CC)N(Cc1ccccc1N)CC(C)C. The van der Waals surface area contributed by atoms with Crippen molar-refractivity contribution in [3.8, 4) is 0 Å². The highest BCUT2D eigenvalue weighted by Crippen LogP contribution is 2.19. The number of hydrogen-bond acceptors (Lipinski definition) is 2. The molecule has 0 amide bonds. The van der Waals surface area contributed by atoms with E-state index in [1.54, 1.807) is 0 Å². The number of nitrogens with two attached hydrogens (primary N) is 1. The summed E-state index contributed by atoms with van der Waals surface area (Å²) in [6.07, 6.45) is 2.41. The summed E-state index contributed by atoms with van der Waals surface area (Å²) >= 11 is 0. The van der Waals surface area contributed by atoms with Crippen LogP contribution in [0.4, 0.5) is 5.69 Å². The van der Waals surface area contributed by atoms with Crippen molar-refractivity contribution in [1.82, 2.24) is 4.90 Å². The molecule has 1 aromatic carbocycles. The quantitative estimate of drug-likeness (QED) is 0.741. The summed E-state index contributed by atoms with van der Waals surface area (Å²) in [6.45, 7) is 11.2. The normalized spacial score (nSPS) is 11.7. The van der Waals surface area contributed by atoms with Crippen molar-refractivity contribution in [3.05, 3.63) is 29.8 Å². The zero-order valence-electron chi connectivity index (χ0n) is 12.3. The van der Waals surface area contributed by atoms with Crippen LogP contribution < -0.4 is 5.73 Å². The fraction of sp³-hybridized carbons (Fsp3) is 0.625. The zero-order chi connectivity index (χ0) is 13.5. The first-order valence-corrected chi connectivity index (χ1v) is 7.15. The van der Waals surface area contributed by atoms with Crippen molar-refractivity contribution in [2.24, 2.45) is 5.92 Å². The first-order chi connectivity index (χ1) is 8.58. The van der Waals surface area contributed by atoms with Crippen molar-refractivity contribution in [3.63, 3.8) is 0 Å². The van der Waals surface area contributed by atoms with E-state index in [4.69, 9.17) is 5.73 Å². The van der Waals surface area contributed by atoms with Crippen LogP contribution in [0, 0.1) is 5.92 Å². The molecule has 0 saturated heterocycles. The molecule has 0 aliphatic carbocycles. The summed E-state index contributed by atoms with van der Waals surface area (Å²) in [7, 11) is 0. The lowest BCUT2D eigenvalue weighted by molar-refractivity contribution is 0.158. The third-order valence-corrected chi connectivity index (χ3v) is 3.49. The van der Waals surface area contributed by atoms with Gasteiger partial charge in [-0.2, -0.15) is 0 Å². The molecule has 0 spiro atoms. The van der Waals surface area contributed by atoms with Gasteiger partial charge in [-0.1, -0.05) is 45.9 Å². The highest BCUT2D eigenvalue weighted by Gasteiger charge is 2.17. The van der Waals surface area contributed by atoms with Crippen LogP contribution in [0.15, 0.2) is 24.3 Å². The maximum atomic E-state index is 6.06. The van der Waals surface area contributed by atoms with Crippen LogP contribution in [0.3, 0.4) is 0 Å². The van der Waals surface area contributed by atoms with Gasteiger partial charge >= 0.3 is 0 Å². The molecule has 1 aromatic rings. The molecule has 0 fully saturated rings. The van der Waals surface area contributed by atoms with Crippen molar-refractivity contribution in [2.45, 2.75) is 53.1 Å². The molecule has 0 heterocycles. The number of anilines is 1. The molecule has 0 atom stereocenters. The lowest BCUT2D eigenvalue weighted by atomic mass is 10.1. The summed E-state index contributed by atoms with van der Waals surface area (Å²) in [4.78, 5) is 2.58. The Morgan fingerprint density at radius 1 is 1.11 bits per heavy atom. The highest BCUT2D eigenvalue weighted by molar-refractivity contribution is 5.46. The van der Waals surface area contributed by atoms with E-state index < -0.39 is 0 Å². The summed E-state index contributed by atoms with van der Waals surface area (Å²) < 4.78 is 0. The Bertz CT molecular complexity index is 343. The minimum absolute atomic E-state index is 0.659. The molecule has 102 valence electrons. The van der Waals surface area contributed by atoms with Gasteiger partial charge < -0.3 is 5.73 Å². The third kappa shape index (κ3) is 4.34. The number of hydrogen-bond donors (Lipinski definition) is 1. The minimum atomic E-state index is 0.659. The number of rotatable bonds is 7. The predicted molar refractivity (Wildman–Crippen MR) is 80.5 cm³/mol. The van der Waals surface area contributed by atoms with Crippen molar-refractivity contribution in [1.29, 1.82) is 0 Å². The summed E-state index contributed by atoms with van der Waals surface area (Å²) in [5.74, 6) is 0.690. The van der Waals surface area contributed by atoms with Crippen LogP contribution in [0.1, 0.15) is 46.1 Å². The van der Waals surface area contributed by atoms with E-state index >= 15 is 0 Å². The van der Waals surface area contributed by atoms with E-state index in [2.05, 4.69) is 44.7 Å². The predicted octanol–water partition coefficient (Wildman–Crippen LogP) is 3.92. The van der Waals surface area contributed by atoms with E-state index in [0.717, 1.165) is 18.8 Å². The van der Waals surface area contributed by atoms with E-state index in [1.807, 2.05) is 12.1 Å². The van der Waals surface area contributed by atoms with E-state index in [0.29, 0.717) is 12.0 Å². The topological polar surface area (TPSA) is 29.3 Å². The Hall–Kier alpha value is -1.02. The lowest BCUT2D eigenvalue weighted by Crippen LogP contribution is -2.36. The second-order valence-corrected chi connectivity index (χ2v) is 5.49. The first-order valence-electron chi connectivity index (χ1n) is 7.15. The minimum Gasteiger partial charge on any atom is -0.398 e. The second-order valence-electron chi connectivity index (χ2n) is 5.49. The highest BCUT2D eigenvalue weighted by atomic mass is 15.2. The number of benzene rings is 1. The molecule has 2 N–H and O–H groups in total. The van der Waals surface area contributed by atoms with Gasteiger partial charge in [-0.05, 0) is 30.4 Å². The molecular formula is C16H28N2. The lowest BCUT2D eigenvalue weighted by Gasteiger charge is -2.32. The van der Waals surface area contributed by atoms with Crippen LogP contribution in [0.2, 0.25) is 0 Å². The molecule has 0 saturated carbocycles. The Balaban J connectivity index is 2.80. The summed E-state index contributed by atoms with van der Waals surface area (Å²) in [5, 5.41) is 0. The van der Waals surface area contributed by atoms with Gasteiger partial charge in [-0.25, -0.2) is 0 Å². The molecule has 0 aliphatic rings. The summed E-state index contributed by atoms with van der Waals surface area (Å²) in [6, 6.07) is 8.88. The zero-order valence-corrected chi connectivity index (χ0v) is 12.3. The van der Waals surface area contributed by atoms with Gasteiger partial charge in [0.15, 0.2) is 0 Å². The van der Waals surface area contributed by atoms with Crippen LogP contribution >= 0.6 is 0 Å². The van der Waals surface area contributed by atoms with Gasteiger partial charge in [0.1, 0.15) is 0 Å². The van der Waals surface area contributed by atoms with Gasteiger partial charge in [0.05, 0.1) is 0 Å². The Morgan fingerprint density at radius 2 is 1.72 bits per heavy atom. The van der Waals surface area contributed by atoms with Gasteiger partial charge in [-0.15, -0.1) is 0 Å². The standard InChI is InChI=1S/C16H28N2/c1-5-15(6-2)18(11-13(3)4)12-14-9-7-8-10-16(14)17/h7-10,13,15H,5-6,11-12,17H2,1-4H3. The molecule has 2 heteroatoms. The fourth-order valence-corrected chi connectivity index (χ4v) is 2.51. The molecule has 18 heavy (non-hydrogen) atoms. The number of nitrogens with zero attached hydrogens (tertiary/aromatic N) is 1. The third-order valence-electron chi connectivity index (χ3n) is 3.49. The molecule has 0 radical (unpaired) electrons. The van der Waals surface area contributed by atoms with Crippen LogP contribution in [0.25, 0.3) is 0 Å². The smallest absolute Gasteiger partial charge is 0.0359 e. The van der Waals surface area contributed by atoms with Crippen LogP contribution in [-0.4, -0.2) is 17.5 Å². The van der Waals surface area contributed by atoms with Gasteiger partial charge in [0.2, 0.25) is 0 Å². The largest absolute Gasteiger partial charge is 0.398 e. The maximum Gasteiger partial charge on any atom is 0.0359 e. The summed E-state index contributed by atoms with van der Waals surface area (Å²) in [5.41, 5.74) is 8.22. The number of para-hydroxylation sites is 1. The van der Waals surface area contributed by atoms with E-state index in [1.165, 1.54) is 18.4 Å². The maximum absolute atomic E-state index is 6.06. The average Bonchev–Trinajstić information content (AvgIpc) is 2.32. The Kier molecular flexibility index (Phi) is 6.20. The van der Waals surface area contributed by atoms with Gasteiger partial charge in [0.25, 0.3) is 0 Å².